The quantitative estimate of drug-likeness (QED) is 0.852. The molecule has 0 bridgehead atoms. The minimum atomic E-state index is -4.04. The summed E-state index contributed by atoms with van der Waals surface area (Å²) in [6.07, 6.45) is 0.823. The Morgan fingerprint density at radius 3 is 2.36 bits per heavy atom. The lowest BCUT2D eigenvalue weighted by Gasteiger charge is -2.22. The molecule has 2 rings (SSSR count). The van der Waals surface area contributed by atoms with E-state index in [1.807, 2.05) is 37.3 Å². The molecule has 7 heteroatoms. The summed E-state index contributed by atoms with van der Waals surface area (Å²) < 4.78 is 29.0. The van der Waals surface area contributed by atoms with Crippen molar-refractivity contribution >= 4 is 15.9 Å². The molecule has 1 atom stereocenters. The van der Waals surface area contributed by atoms with Crippen molar-refractivity contribution in [3.8, 4) is 0 Å². The van der Waals surface area contributed by atoms with Gasteiger partial charge in [-0.1, -0.05) is 37.3 Å². The lowest BCUT2D eigenvalue weighted by atomic mass is 10.0. The SMILES string of the molecule is Cc1oc(C)c(S(N)(=O)=O)c1C(=O)N(C)CC(C)Cc1ccccc1. The minimum Gasteiger partial charge on any atom is -0.464 e. The fourth-order valence-electron chi connectivity index (χ4n) is 3.08. The molecule has 0 saturated heterocycles. The Bertz CT molecular complexity index is 857. The van der Waals surface area contributed by atoms with Gasteiger partial charge in [0.2, 0.25) is 10.0 Å². The van der Waals surface area contributed by atoms with Crippen molar-refractivity contribution in [1.82, 2.24) is 4.90 Å². The number of nitrogens with zero attached hydrogens (tertiary/aromatic N) is 1. The van der Waals surface area contributed by atoms with Crippen molar-refractivity contribution in [2.45, 2.75) is 32.1 Å². The molecule has 136 valence electrons. The Morgan fingerprint density at radius 2 is 1.80 bits per heavy atom. The number of sulfonamides is 1. The number of primary sulfonamides is 1. The number of rotatable bonds is 6. The molecule has 1 unspecified atom stereocenters. The second-order valence-electron chi connectivity index (χ2n) is 6.44. The van der Waals surface area contributed by atoms with Crippen LogP contribution in [0.1, 0.15) is 34.4 Å². The molecule has 1 heterocycles. The molecule has 6 nitrogen and oxygen atoms in total. The van der Waals surface area contributed by atoms with Crippen molar-refractivity contribution in [3.05, 3.63) is 53.0 Å². The second kappa shape index (κ2) is 7.41. The van der Waals surface area contributed by atoms with Crippen LogP contribution in [0.5, 0.6) is 0 Å². The van der Waals surface area contributed by atoms with E-state index in [4.69, 9.17) is 9.56 Å². The van der Waals surface area contributed by atoms with E-state index in [-0.39, 0.29) is 27.9 Å². The number of carbonyl (C=O) groups excluding carboxylic acids is 1. The number of furan rings is 1. The van der Waals surface area contributed by atoms with Crippen molar-refractivity contribution in [2.24, 2.45) is 11.1 Å². The van der Waals surface area contributed by atoms with E-state index < -0.39 is 15.9 Å². The van der Waals surface area contributed by atoms with Gasteiger partial charge in [-0.25, -0.2) is 13.6 Å². The average Bonchev–Trinajstić information content (AvgIpc) is 2.81. The molecular weight excluding hydrogens is 340 g/mol. The molecule has 2 N–H and O–H groups in total. The zero-order valence-corrected chi connectivity index (χ0v) is 15.8. The maximum absolute atomic E-state index is 12.8. The molecule has 2 aromatic rings. The highest BCUT2D eigenvalue weighted by atomic mass is 32.2. The predicted octanol–water partition coefficient (Wildman–Crippen LogP) is 2.49. The number of nitrogens with two attached hydrogens (primary N) is 1. The van der Waals surface area contributed by atoms with Gasteiger partial charge in [0.15, 0.2) is 0 Å². The summed E-state index contributed by atoms with van der Waals surface area (Å²) in [5.74, 6) is 0.198. The van der Waals surface area contributed by atoms with Crippen LogP contribution in [0.4, 0.5) is 0 Å². The molecule has 0 aliphatic heterocycles. The van der Waals surface area contributed by atoms with Gasteiger partial charge in [0.25, 0.3) is 5.91 Å². The Kier molecular flexibility index (Phi) is 5.69. The molecule has 0 spiro atoms. The third kappa shape index (κ3) is 4.49. The second-order valence-corrected chi connectivity index (χ2v) is 7.94. The van der Waals surface area contributed by atoms with Crippen molar-refractivity contribution in [2.75, 3.05) is 13.6 Å². The largest absolute Gasteiger partial charge is 0.464 e. The van der Waals surface area contributed by atoms with Gasteiger partial charge in [0, 0.05) is 13.6 Å². The molecule has 0 radical (unpaired) electrons. The third-order valence-electron chi connectivity index (χ3n) is 4.06. The molecule has 0 fully saturated rings. The van der Waals surface area contributed by atoms with Crippen LogP contribution in [0.3, 0.4) is 0 Å². The van der Waals surface area contributed by atoms with Crippen LogP contribution in [-0.4, -0.2) is 32.8 Å². The Labute approximate surface area is 148 Å². The fourth-order valence-corrected chi connectivity index (χ4v) is 4.03. The molecule has 1 amide bonds. The number of carbonyl (C=O) groups is 1. The van der Waals surface area contributed by atoms with Gasteiger partial charge in [-0.3, -0.25) is 4.79 Å². The first kappa shape index (κ1) is 19.2. The molecule has 0 saturated carbocycles. The highest BCUT2D eigenvalue weighted by Crippen LogP contribution is 2.27. The zero-order chi connectivity index (χ0) is 18.8. The number of hydrogen-bond acceptors (Lipinski definition) is 4. The normalized spacial score (nSPS) is 12.8. The molecular formula is C18H24N2O4S. The van der Waals surface area contributed by atoms with Crippen LogP contribution in [0.25, 0.3) is 0 Å². The van der Waals surface area contributed by atoms with Gasteiger partial charge in [-0.2, -0.15) is 0 Å². The van der Waals surface area contributed by atoms with E-state index in [0.29, 0.717) is 6.54 Å². The maximum Gasteiger partial charge on any atom is 0.258 e. The topological polar surface area (TPSA) is 93.6 Å². The number of hydrogen-bond donors (Lipinski definition) is 1. The molecule has 0 aliphatic carbocycles. The van der Waals surface area contributed by atoms with Gasteiger partial charge in [-0.05, 0) is 31.7 Å². The molecule has 0 aliphatic rings. The van der Waals surface area contributed by atoms with Crippen molar-refractivity contribution in [1.29, 1.82) is 0 Å². The van der Waals surface area contributed by atoms with Crippen LogP contribution in [0, 0.1) is 19.8 Å². The van der Waals surface area contributed by atoms with Gasteiger partial charge in [-0.15, -0.1) is 0 Å². The summed E-state index contributed by atoms with van der Waals surface area (Å²) in [6.45, 7) is 5.59. The standard InChI is InChI=1S/C18H24N2O4S/c1-12(10-15-8-6-5-7-9-15)11-20(4)18(21)16-13(2)24-14(3)17(16)25(19,22)23/h5-9,12H,10-11H2,1-4H3,(H2,19,22,23). The van der Waals surface area contributed by atoms with Crippen LogP contribution in [0.15, 0.2) is 39.6 Å². The summed E-state index contributed by atoms with van der Waals surface area (Å²) >= 11 is 0. The molecule has 1 aromatic heterocycles. The monoisotopic (exact) mass is 364 g/mol. The minimum absolute atomic E-state index is 0.0226. The third-order valence-corrected chi connectivity index (χ3v) is 5.12. The van der Waals surface area contributed by atoms with E-state index in [1.165, 1.54) is 17.4 Å². The van der Waals surface area contributed by atoms with E-state index in [1.54, 1.807) is 14.0 Å². The summed E-state index contributed by atoms with van der Waals surface area (Å²) in [7, 11) is -2.39. The van der Waals surface area contributed by atoms with Crippen LogP contribution >= 0.6 is 0 Å². The summed E-state index contributed by atoms with van der Waals surface area (Å²) in [5, 5.41) is 5.25. The fraction of sp³-hybridized carbons (Fsp3) is 0.389. The van der Waals surface area contributed by atoms with Gasteiger partial charge in [0.1, 0.15) is 22.0 Å². The smallest absolute Gasteiger partial charge is 0.258 e. The van der Waals surface area contributed by atoms with Gasteiger partial charge in [0.05, 0.1) is 0 Å². The highest BCUT2D eigenvalue weighted by molar-refractivity contribution is 7.89. The van der Waals surface area contributed by atoms with Crippen molar-refractivity contribution in [3.63, 3.8) is 0 Å². The first-order valence-electron chi connectivity index (χ1n) is 8.03. The number of benzene rings is 1. The van der Waals surface area contributed by atoms with Gasteiger partial charge >= 0.3 is 0 Å². The Morgan fingerprint density at radius 1 is 1.20 bits per heavy atom. The average molecular weight is 364 g/mol. The molecule has 25 heavy (non-hydrogen) atoms. The van der Waals surface area contributed by atoms with Gasteiger partial charge < -0.3 is 9.32 Å². The van der Waals surface area contributed by atoms with E-state index in [2.05, 4.69) is 0 Å². The Balaban J connectivity index is 2.18. The number of amides is 1. The zero-order valence-electron chi connectivity index (χ0n) is 14.9. The molecule has 1 aromatic carbocycles. The summed E-state index contributed by atoms with van der Waals surface area (Å²) in [5.41, 5.74) is 1.21. The van der Waals surface area contributed by atoms with E-state index >= 15 is 0 Å². The van der Waals surface area contributed by atoms with E-state index in [9.17, 15) is 13.2 Å². The van der Waals surface area contributed by atoms with Crippen LogP contribution < -0.4 is 5.14 Å². The first-order valence-corrected chi connectivity index (χ1v) is 9.58. The van der Waals surface area contributed by atoms with Crippen LogP contribution in [0.2, 0.25) is 0 Å². The Hall–Kier alpha value is -2.12. The summed E-state index contributed by atoms with van der Waals surface area (Å²) in [6, 6.07) is 10.0. The number of aryl methyl sites for hydroxylation is 2. The maximum atomic E-state index is 12.8. The lowest BCUT2D eigenvalue weighted by Crippen LogP contribution is -2.33. The summed E-state index contributed by atoms with van der Waals surface area (Å²) in [4.78, 5) is 14.1. The lowest BCUT2D eigenvalue weighted by molar-refractivity contribution is 0.0770. The first-order chi connectivity index (χ1) is 11.6. The van der Waals surface area contributed by atoms with Crippen LogP contribution in [-0.2, 0) is 16.4 Å². The van der Waals surface area contributed by atoms with Crippen molar-refractivity contribution < 1.29 is 17.6 Å². The highest BCUT2D eigenvalue weighted by Gasteiger charge is 2.30. The predicted molar refractivity (Wildman–Crippen MR) is 95.8 cm³/mol. The van der Waals surface area contributed by atoms with E-state index in [0.717, 1.165) is 6.42 Å².